The minimum Gasteiger partial charge on any atom is -0.447 e. The number of carbonyl (C=O) groups is 2. The number of aromatic amines is 1. The zero-order chi connectivity index (χ0) is 34.1. The normalized spacial score (nSPS) is 18.4. The standard InChI is InChI=1S/C34H49FN4O8/c1-2-3-4-5-6-7-8-9-10-11-12-13-14-15-16-17-18-19-30(41)36-20-22-45-23-21-37-34(44)46-26-29-28(40)24-31(47-29)39-25-27(35)32(42)38-33(39)43/h3-4,6-7,9-10,12-13,15-16,25,28-29,31,40H,2,5,8,11,14,17-24,26H2,1H3,(H,36,41)(H,37,44)(H,38,42,43)/b4-3-,7-6-,10-9-,13-12-,16-15-/t28-,29+,31?/m0/s1. The van der Waals surface area contributed by atoms with Gasteiger partial charge >= 0.3 is 11.8 Å². The second-order valence-electron chi connectivity index (χ2n) is 10.7. The van der Waals surface area contributed by atoms with Gasteiger partial charge in [0.05, 0.1) is 25.5 Å². The molecule has 260 valence electrons. The Morgan fingerprint density at radius 2 is 1.57 bits per heavy atom. The highest BCUT2D eigenvalue weighted by Gasteiger charge is 2.36. The van der Waals surface area contributed by atoms with E-state index in [4.69, 9.17) is 14.2 Å². The molecule has 0 aliphatic carbocycles. The molecule has 1 unspecified atom stereocenters. The molecule has 1 aromatic heterocycles. The molecule has 0 spiro atoms. The highest BCUT2D eigenvalue weighted by atomic mass is 19.1. The van der Waals surface area contributed by atoms with E-state index < -0.39 is 41.6 Å². The number of aliphatic hydroxyl groups is 1. The first-order valence-corrected chi connectivity index (χ1v) is 16.2. The second-order valence-corrected chi connectivity index (χ2v) is 10.7. The Labute approximate surface area is 275 Å². The van der Waals surface area contributed by atoms with Crippen LogP contribution in [-0.4, -0.2) is 71.8 Å². The van der Waals surface area contributed by atoms with E-state index in [-0.39, 0.29) is 38.7 Å². The first-order chi connectivity index (χ1) is 22.8. The molecule has 47 heavy (non-hydrogen) atoms. The van der Waals surface area contributed by atoms with E-state index in [2.05, 4.69) is 78.3 Å². The molecular weight excluding hydrogens is 611 g/mol. The maximum Gasteiger partial charge on any atom is 0.407 e. The summed E-state index contributed by atoms with van der Waals surface area (Å²) < 4.78 is 30.3. The van der Waals surface area contributed by atoms with E-state index in [9.17, 15) is 28.7 Å². The summed E-state index contributed by atoms with van der Waals surface area (Å²) in [6.07, 6.45) is 25.2. The average molecular weight is 661 g/mol. The number of H-pyrrole nitrogens is 1. The molecule has 0 aromatic carbocycles. The summed E-state index contributed by atoms with van der Waals surface area (Å²) in [6, 6.07) is 0. The Bertz CT molecular complexity index is 1330. The quantitative estimate of drug-likeness (QED) is 0.107. The lowest BCUT2D eigenvalue weighted by Gasteiger charge is -2.16. The lowest BCUT2D eigenvalue weighted by molar-refractivity contribution is -0.121. The van der Waals surface area contributed by atoms with Crippen molar-refractivity contribution in [2.24, 2.45) is 0 Å². The topological polar surface area (TPSA) is 161 Å². The number of unbranched alkanes of at least 4 members (excludes halogenated alkanes) is 1. The molecule has 13 heteroatoms. The van der Waals surface area contributed by atoms with Gasteiger partial charge in [-0.2, -0.15) is 4.39 Å². The van der Waals surface area contributed by atoms with Crippen molar-refractivity contribution < 1.29 is 33.3 Å². The number of alkyl carbamates (subject to hydrolysis) is 1. The summed E-state index contributed by atoms with van der Waals surface area (Å²) in [6.45, 7) is 2.81. The average Bonchev–Trinajstić information content (AvgIpc) is 3.42. The lowest BCUT2D eigenvalue weighted by Crippen LogP contribution is -2.35. The van der Waals surface area contributed by atoms with Crippen molar-refractivity contribution >= 4 is 12.0 Å². The van der Waals surface area contributed by atoms with Crippen LogP contribution in [0.1, 0.15) is 70.9 Å². The van der Waals surface area contributed by atoms with Crippen LogP contribution in [0.15, 0.2) is 76.5 Å². The zero-order valence-electron chi connectivity index (χ0n) is 27.1. The molecule has 1 aliphatic rings. The van der Waals surface area contributed by atoms with Crippen LogP contribution in [0.5, 0.6) is 0 Å². The number of aromatic nitrogens is 2. The van der Waals surface area contributed by atoms with Crippen LogP contribution in [0.3, 0.4) is 0 Å². The molecule has 2 rings (SSSR count). The maximum absolute atomic E-state index is 13.5. The molecule has 2 heterocycles. The number of hydrogen-bond acceptors (Lipinski definition) is 8. The number of amides is 2. The van der Waals surface area contributed by atoms with E-state index in [1.807, 2.05) is 4.98 Å². The van der Waals surface area contributed by atoms with Crippen molar-refractivity contribution in [1.29, 1.82) is 0 Å². The Balaban J connectivity index is 1.41. The molecule has 0 bridgehead atoms. The molecular formula is C34H49FN4O8. The van der Waals surface area contributed by atoms with Gasteiger partial charge in [-0.3, -0.25) is 19.1 Å². The van der Waals surface area contributed by atoms with Gasteiger partial charge in [0.1, 0.15) is 18.9 Å². The maximum atomic E-state index is 13.5. The van der Waals surface area contributed by atoms with Crippen LogP contribution in [0.2, 0.25) is 0 Å². The Hall–Kier alpha value is -4.07. The van der Waals surface area contributed by atoms with Crippen molar-refractivity contribution in [1.82, 2.24) is 20.2 Å². The van der Waals surface area contributed by atoms with E-state index in [0.29, 0.717) is 19.2 Å². The molecule has 4 N–H and O–H groups in total. The van der Waals surface area contributed by atoms with Gasteiger partial charge in [0, 0.05) is 25.9 Å². The highest BCUT2D eigenvalue weighted by Crippen LogP contribution is 2.27. The Morgan fingerprint density at radius 1 is 0.979 bits per heavy atom. The molecule has 1 saturated heterocycles. The third-order valence-electron chi connectivity index (χ3n) is 6.83. The molecule has 1 fully saturated rings. The van der Waals surface area contributed by atoms with Crippen molar-refractivity contribution in [3.8, 4) is 0 Å². The number of hydrogen-bond donors (Lipinski definition) is 4. The zero-order valence-corrected chi connectivity index (χ0v) is 27.1. The number of rotatable bonds is 22. The van der Waals surface area contributed by atoms with Gasteiger partial charge < -0.3 is 30.0 Å². The van der Waals surface area contributed by atoms with Crippen molar-refractivity contribution in [3.05, 3.63) is 93.6 Å². The summed E-state index contributed by atoms with van der Waals surface area (Å²) in [5, 5.41) is 15.4. The van der Waals surface area contributed by atoms with Crippen LogP contribution >= 0.6 is 0 Å². The largest absolute Gasteiger partial charge is 0.447 e. The van der Waals surface area contributed by atoms with E-state index in [1.54, 1.807) is 0 Å². The molecule has 12 nitrogen and oxygen atoms in total. The first-order valence-electron chi connectivity index (χ1n) is 16.2. The number of carbonyl (C=O) groups excluding carboxylic acids is 2. The summed E-state index contributed by atoms with van der Waals surface area (Å²) >= 11 is 0. The number of nitrogens with one attached hydrogen (secondary N) is 3. The Morgan fingerprint density at radius 3 is 2.21 bits per heavy atom. The summed E-state index contributed by atoms with van der Waals surface area (Å²) in [5.74, 6) is -1.21. The van der Waals surface area contributed by atoms with Crippen LogP contribution in [0.4, 0.5) is 9.18 Å². The van der Waals surface area contributed by atoms with Crippen LogP contribution < -0.4 is 21.9 Å². The number of ether oxygens (including phenoxy) is 3. The third-order valence-corrected chi connectivity index (χ3v) is 6.83. The van der Waals surface area contributed by atoms with E-state index >= 15 is 0 Å². The van der Waals surface area contributed by atoms with Gasteiger partial charge in [-0.05, 0) is 44.9 Å². The summed E-state index contributed by atoms with van der Waals surface area (Å²) in [4.78, 5) is 48.8. The highest BCUT2D eigenvalue weighted by molar-refractivity contribution is 5.75. The van der Waals surface area contributed by atoms with Crippen LogP contribution in [-0.2, 0) is 19.0 Å². The first kappa shape index (κ1) is 39.1. The third kappa shape index (κ3) is 17.4. The van der Waals surface area contributed by atoms with Gasteiger partial charge in [0.25, 0.3) is 5.56 Å². The number of allylic oxidation sites excluding steroid dienone is 10. The van der Waals surface area contributed by atoms with E-state index in [0.717, 1.165) is 49.5 Å². The molecule has 2 amide bonds. The molecule has 0 saturated carbocycles. The fourth-order valence-electron chi connectivity index (χ4n) is 4.35. The van der Waals surface area contributed by atoms with Crippen molar-refractivity contribution in [2.45, 2.75) is 83.1 Å². The van der Waals surface area contributed by atoms with Gasteiger partial charge in [-0.25, -0.2) is 9.59 Å². The van der Waals surface area contributed by atoms with Crippen LogP contribution in [0, 0.1) is 5.82 Å². The van der Waals surface area contributed by atoms with Gasteiger partial charge in [0.15, 0.2) is 0 Å². The van der Waals surface area contributed by atoms with E-state index in [1.165, 1.54) is 0 Å². The van der Waals surface area contributed by atoms with Crippen molar-refractivity contribution in [3.63, 3.8) is 0 Å². The summed E-state index contributed by atoms with van der Waals surface area (Å²) in [5.41, 5.74) is -2.04. The number of halogens is 1. The summed E-state index contributed by atoms with van der Waals surface area (Å²) in [7, 11) is 0. The molecule has 0 radical (unpaired) electrons. The number of nitrogens with zero attached hydrogens (tertiary/aromatic N) is 1. The molecule has 3 atom stereocenters. The predicted molar refractivity (Wildman–Crippen MR) is 177 cm³/mol. The Kier molecular flexibility index (Phi) is 20.1. The molecule has 1 aromatic rings. The fourth-order valence-corrected chi connectivity index (χ4v) is 4.35. The number of aliphatic hydroxyl groups excluding tert-OH is 1. The lowest BCUT2D eigenvalue weighted by atomic mass is 10.2. The monoisotopic (exact) mass is 660 g/mol. The molecule has 1 aliphatic heterocycles. The minimum absolute atomic E-state index is 0.0447. The minimum atomic E-state index is -1.17. The van der Waals surface area contributed by atoms with Gasteiger partial charge in [-0.15, -0.1) is 0 Å². The van der Waals surface area contributed by atoms with Gasteiger partial charge in [-0.1, -0.05) is 67.7 Å². The SMILES string of the molecule is CC/C=C\C/C=C\C/C=C\C/C=C\C/C=C\CCCC(=O)NCCOCCNC(=O)OC[C@H]1OC(n2cc(F)c(=O)[nH]c2=O)C[C@@H]1O. The predicted octanol–water partition coefficient (Wildman–Crippen LogP) is 4.10. The van der Waals surface area contributed by atoms with Crippen molar-refractivity contribution in [2.75, 3.05) is 32.9 Å². The fraction of sp³-hybridized carbons (Fsp3) is 0.529. The van der Waals surface area contributed by atoms with Crippen LogP contribution in [0.25, 0.3) is 0 Å². The van der Waals surface area contributed by atoms with Gasteiger partial charge in [0.2, 0.25) is 11.7 Å². The second kappa shape index (κ2) is 24.2. The smallest absolute Gasteiger partial charge is 0.407 e.